The van der Waals surface area contributed by atoms with Gasteiger partial charge < -0.3 is 61.8 Å². The first kappa shape index (κ1) is 62.5. The number of nitrogens with two attached hydrogens (primary N) is 2. The molecule has 0 radical (unpaired) electrons. The molecule has 8 N–H and O–H groups in total. The van der Waals surface area contributed by atoms with Crippen molar-refractivity contribution in [2.45, 2.75) is 58.2 Å². The Balaban J connectivity index is 0.000000274. The van der Waals surface area contributed by atoms with Crippen molar-refractivity contribution < 1.29 is 128 Å². The zero-order valence-electron chi connectivity index (χ0n) is 40.5. The normalized spacial score (nSPS) is 18.8. The Bertz CT molecular complexity index is 2890. The molecule has 0 saturated carbocycles. The molecule has 0 aromatic carbocycles. The Kier molecular flexibility index (Phi) is 22.7. The fourth-order valence-corrected chi connectivity index (χ4v) is 15.7. The van der Waals surface area contributed by atoms with Crippen LogP contribution >= 0.6 is 92.4 Å². The number of nitrogen functional groups attached to an aromatic ring is 2. The van der Waals surface area contributed by atoms with E-state index in [1.165, 1.54) is 94.7 Å². The Hall–Kier alpha value is -4.30. The number of nitrogens with zero attached hydrogens (tertiary/aromatic N) is 8. The number of thioether (sulfide) groups is 4. The first-order valence-electron chi connectivity index (χ1n) is 20.9. The van der Waals surface area contributed by atoms with E-state index in [4.69, 9.17) is 31.4 Å². The van der Waals surface area contributed by atoms with Gasteiger partial charge in [-0.2, -0.15) is 0 Å². The van der Waals surface area contributed by atoms with Crippen LogP contribution in [0.5, 0.6) is 0 Å². The van der Waals surface area contributed by atoms with E-state index < -0.39 is 70.3 Å². The van der Waals surface area contributed by atoms with E-state index in [-0.39, 0.29) is 139 Å². The minimum atomic E-state index is -1.50. The van der Waals surface area contributed by atoms with Gasteiger partial charge in [-0.25, -0.2) is 19.9 Å². The number of hydrogen-bond acceptors (Lipinski definition) is 28. The summed E-state index contributed by atoms with van der Waals surface area (Å²) in [5.74, 6) is -6.56. The molecule has 2 saturated heterocycles. The fourth-order valence-electron chi connectivity index (χ4n) is 7.20. The number of aryl methyl sites for hydroxylation is 2. The van der Waals surface area contributed by atoms with Crippen molar-refractivity contribution in [3.8, 4) is 0 Å². The summed E-state index contributed by atoms with van der Waals surface area (Å²) in [6, 6.07) is -1.97. The SMILES string of the molecule is CO/N=C(\C(=O)N[C@@H]1C(=O)N2C(C(=O)[O-])=C(CSc3nc(C)c(CC(=O)O)s3)CS[C@H]12)c1csc(N)n1.CO/N=C(\C(=O)N[C@@H]1C(=O)N2C(C(=O)[O-])=C(CSc3nc(C)c(CC(=O)O)s3)CS[C@H]12)c1csc(N)n1.[Na+].[Na+]. The molecular formula is C40H38N12Na2O14S8. The second-order valence-electron chi connectivity index (χ2n) is 15.3. The van der Waals surface area contributed by atoms with Crippen LogP contribution in [0.4, 0.5) is 10.3 Å². The molecule has 4 aromatic heterocycles. The summed E-state index contributed by atoms with van der Waals surface area (Å²) in [6.45, 7) is 3.43. The Labute approximate surface area is 507 Å². The van der Waals surface area contributed by atoms with Crippen molar-refractivity contribution in [3.05, 3.63) is 65.8 Å². The number of β-lactam (4-membered cyclic amide) rings is 2. The minimum absolute atomic E-state index is 0. The fraction of sp³-hybridized carbons (Fsp3) is 0.350. The molecule has 4 aromatic rings. The van der Waals surface area contributed by atoms with Gasteiger partial charge in [-0.05, 0) is 25.0 Å². The number of carboxylic acid groups (broad SMARTS) is 4. The van der Waals surface area contributed by atoms with Crippen LogP contribution in [0.25, 0.3) is 0 Å². The van der Waals surface area contributed by atoms with Crippen LogP contribution in [0.1, 0.15) is 32.5 Å². The number of thiazole rings is 4. The minimum Gasteiger partial charge on any atom is -0.543 e. The maximum Gasteiger partial charge on any atom is 1.00 e. The Morgan fingerprint density at radius 2 is 1.07 bits per heavy atom. The quantitative estimate of drug-likeness (QED) is 0.0157. The predicted octanol–water partition coefficient (Wildman–Crippen LogP) is -6.66. The number of carbonyl (C=O) groups is 8. The van der Waals surface area contributed by atoms with E-state index in [1.807, 2.05) is 0 Å². The van der Waals surface area contributed by atoms with Crippen LogP contribution in [-0.4, -0.2) is 159 Å². The van der Waals surface area contributed by atoms with Gasteiger partial charge in [0.1, 0.15) is 48.4 Å². The molecule has 4 atom stereocenters. The van der Waals surface area contributed by atoms with E-state index in [2.05, 4.69) is 40.9 Å². The first-order valence-corrected chi connectivity index (χ1v) is 28.3. The zero-order chi connectivity index (χ0) is 53.7. The third-order valence-electron chi connectivity index (χ3n) is 10.5. The van der Waals surface area contributed by atoms with Gasteiger partial charge in [0.2, 0.25) is 0 Å². The van der Waals surface area contributed by atoms with Gasteiger partial charge in [-0.15, -0.1) is 68.9 Å². The van der Waals surface area contributed by atoms with Crippen molar-refractivity contribution in [1.29, 1.82) is 0 Å². The number of nitrogens with one attached hydrogen (secondary N) is 2. The van der Waals surface area contributed by atoms with Gasteiger partial charge in [0, 0.05) is 43.5 Å². The van der Waals surface area contributed by atoms with Gasteiger partial charge in [0.05, 0.1) is 47.6 Å². The number of carboxylic acids is 4. The van der Waals surface area contributed by atoms with Crippen LogP contribution in [0.15, 0.2) is 52.3 Å². The van der Waals surface area contributed by atoms with Gasteiger partial charge in [-0.3, -0.25) is 38.6 Å². The van der Waals surface area contributed by atoms with Crippen LogP contribution in [0.3, 0.4) is 0 Å². The van der Waals surface area contributed by atoms with E-state index in [1.54, 1.807) is 13.8 Å². The third kappa shape index (κ3) is 14.3. The van der Waals surface area contributed by atoms with Crippen molar-refractivity contribution in [1.82, 2.24) is 40.4 Å². The van der Waals surface area contributed by atoms with Crippen molar-refractivity contribution in [2.24, 2.45) is 10.3 Å². The molecule has 4 aliphatic rings. The van der Waals surface area contributed by atoms with Crippen molar-refractivity contribution in [2.75, 3.05) is 48.7 Å². The van der Waals surface area contributed by atoms with E-state index in [0.717, 1.165) is 32.5 Å². The molecule has 0 bridgehead atoms. The molecule has 8 heterocycles. The molecule has 4 amide bonds. The summed E-state index contributed by atoms with van der Waals surface area (Å²) in [6.07, 6.45) is -0.284. The number of rotatable bonds is 20. The number of aromatic nitrogens is 4. The number of oxime groups is 2. The molecule has 26 nitrogen and oxygen atoms in total. The molecule has 0 spiro atoms. The number of hydrogen-bond donors (Lipinski definition) is 6. The topological polar surface area (TPSA) is 400 Å². The number of anilines is 2. The van der Waals surface area contributed by atoms with Crippen LogP contribution < -0.4 is 91.4 Å². The maximum atomic E-state index is 12.9. The molecule has 76 heavy (non-hydrogen) atoms. The van der Waals surface area contributed by atoms with Crippen molar-refractivity contribution >= 4 is 162 Å². The van der Waals surface area contributed by atoms with E-state index >= 15 is 0 Å². The summed E-state index contributed by atoms with van der Waals surface area (Å²) in [7, 11) is 2.51. The Morgan fingerprint density at radius 3 is 1.37 bits per heavy atom. The maximum absolute atomic E-state index is 12.9. The van der Waals surface area contributed by atoms with E-state index in [0.29, 0.717) is 41.0 Å². The Morgan fingerprint density at radius 1 is 0.697 bits per heavy atom. The molecular weight excluding hydrogens is 1180 g/mol. The summed E-state index contributed by atoms with van der Waals surface area (Å²) in [4.78, 5) is 127. The first-order chi connectivity index (χ1) is 35.2. The van der Waals surface area contributed by atoms with E-state index in [9.17, 15) is 48.6 Å². The predicted molar refractivity (Wildman–Crippen MR) is 272 cm³/mol. The number of carbonyl (C=O) groups excluding carboxylic acids is 6. The summed E-state index contributed by atoms with van der Waals surface area (Å²) in [5, 5.41) is 56.8. The summed E-state index contributed by atoms with van der Waals surface area (Å²) < 4.78 is 1.19. The second kappa shape index (κ2) is 27.5. The number of aliphatic carboxylic acids is 4. The average molecular weight is 1210 g/mol. The second-order valence-corrected chi connectivity index (χ2v) is 23.9. The molecule has 8 rings (SSSR count). The van der Waals surface area contributed by atoms with Gasteiger partial charge >= 0.3 is 71.1 Å². The summed E-state index contributed by atoms with van der Waals surface area (Å²) >= 11 is 9.79. The number of amides is 4. The van der Waals surface area contributed by atoms with Gasteiger partial charge in [0.25, 0.3) is 23.6 Å². The zero-order valence-corrected chi connectivity index (χ0v) is 51.0. The molecule has 2 fully saturated rings. The monoisotopic (exact) mass is 1210 g/mol. The standard InChI is InChI=1S/2C20H20N6O7S4.2Na/c2*1-7-10(3-11(27)28)37-20(22-7)36-5-8-4-34-17-13(16(30)26(17)14(8)18(31)32)24-15(29)12(25-33-2)9-6-35-19(21)23-9;;/h2*6,13,17H,3-5H2,1-2H3,(H2,21,23)(H,24,29)(H,27,28)(H,31,32);;/q;;2*+1/p-2/b2*25-12-;;/t2*13-,17-;;/m11../s1. The van der Waals surface area contributed by atoms with Gasteiger partial charge in [0.15, 0.2) is 30.4 Å². The molecule has 4 aliphatic heterocycles. The van der Waals surface area contributed by atoms with Crippen molar-refractivity contribution in [3.63, 3.8) is 0 Å². The molecule has 392 valence electrons. The van der Waals surface area contributed by atoms with Crippen LogP contribution in [0.2, 0.25) is 0 Å². The van der Waals surface area contributed by atoms with Crippen LogP contribution in [-0.2, 0) is 60.9 Å². The van der Waals surface area contributed by atoms with Crippen LogP contribution in [0, 0.1) is 13.8 Å². The average Bonchev–Trinajstić information content (AvgIpc) is 4.15. The molecule has 36 heteroatoms. The summed E-state index contributed by atoms with van der Waals surface area (Å²) in [5.41, 5.74) is 13.0. The third-order valence-corrected chi connectivity index (χ3v) is 19.3. The molecule has 0 aliphatic carbocycles. The molecule has 0 unspecified atom stereocenters. The number of fused-ring (bicyclic) bond motifs is 2. The largest absolute Gasteiger partial charge is 1.00 e. The smallest absolute Gasteiger partial charge is 0.543 e. The van der Waals surface area contributed by atoms with Gasteiger partial charge in [-0.1, -0.05) is 33.8 Å².